The van der Waals surface area contributed by atoms with Crippen LogP contribution < -0.4 is 4.74 Å². The minimum atomic E-state index is -4.96. The van der Waals surface area contributed by atoms with Crippen molar-refractivity contribution in [3.8, 4) is 5.88 Å². The van der Waals surface area contributed by atoms with Gasteiger partial charge < -0.3 is 4.74 Å². The van der Waals surface area contributed by atoms with Gasteiger partial charge in [-0.05, 0) is 6.92 Å². The first-order valence-electron chi connectivity index (χ1n) is 3.88. The molecule has 0 bridgehead atoms. The first-order chi connectivity index (χ1) is 7.50. The molecular weight excluding hydrogens is 350 g/mol. The maximum absolute atomic E-state index is 11.9. The molecule has 0 aromatic carbocycles. The molecule has 1 aromatic heterocycles. The molecule has 4 nitrogen and oxygen atoms in total. The normalized spacial score (nSPS) is 12.6. The van der Waals surface area contributed by atoms with E-state index < -0.39 is 26.3 Å². The second-order valence-electron chi connectivity index (χ2n) is 2.86. The maximum atomic E-state index is 11.9. The van der Waals surface area contributed by atoms with Gasteiger partial charge >= 0.3 is 6.36 Å². The highest BCUT2D eigenvalue weighted by Gasteiger charge is 2.33. The zero-order valence-electron chi connectivity index (χ0n) is 8.05. The van der Waals surface area contributed by atoms with E-state index in [2.05, 4.69) is 25.7 Å². The molecule has 10 heteroatoms. The highest BCUT2D eigenvalue weighted by Crippen LogP contribution is 2.30. The number of halogens is 5. The Balaban J connectivity index is 3.35. The summed E-state index contributed by atoms with van der Waals surface area (Å²) in [5, 5.41) is -0.687. The highest BCUT2D eigenvalue weighted by atomic mass is 79.9. The van der Waals surface area contributed by atoms with Gasteiger partial charge in [0.15, 0.2) is 5.03 Å². The molecular formula is C7H4BrClF3NO3S. The van der Waals surface area contributed by atoms with Crippen molar-refractivity contribution < 1.29 is 26.3 Å². The van der Waals surface area contributed by atoms with E-state index in [1.54, 1.807) is 0 Å². The second kappa shape index (κ2) is 4.62. The molecule has 1 heterocycles. The quantitative estimate of drug-likeness (QED) is 0.766. The maximum Gasteiger partial charge on any atom is 0.574 e. The third kappa shape index (κ3) is 4.00. The molecule has 0 fully saturated rings. The molecule has 0 amide bonds. The minimum Gasteiger partial charge on any atom is -0.388 e. The zero-order valence-corrected chi connectivity index (χ0v) is 11.2. The van der Waals surface area contributed by atoms with Gasteiger partial charge in [-0.25, -0.2) is 8.42 Å². The van der Waals surface area contributed by atoms with Gasteiger partial charge in [-0.3, -0.25) is 0 Å². The third-order valence-corrected chi connectivity index (χ3v) is 3.71. The van der Waals surface area contributed by atoms with Crippen molar-refractivity contribution in [2.24, 2.45) is 0 Å². The fourth-order valence-electron chi connectivity index (χ4n) is 0.943. The topological polar surface area (TPSA) is 56.3 Å². The van der Waals surface area contributed by atoms with E-state index >= 15 is 0 Å². The number of pyridine rings is 1. The molecule has 0 N–H and O–H groups in total. The SMILES string of the molecule is Cc1c(Br)cc(OC(F)(F)F)nc1S(=O)(=O)Cl. The van der Waals surface area contributed by atoms with Crippen LogP contribution in [-0.4, -0.2) is 19.8 Å². The summed E-state index contributed by atoms with van der Waals surface area (Å²) >= 11 is 2.89. The van der Waals surface area contributed by atoms with Crippen molar-refractivity contribution in [1.82, 2.24) is 4.98 Å². The molecule has 0 atom stereocenters. The molecule has 0 aliphatic carbocycles. The molecule has 96 valence electrons. The molecule has 17 heavy (non-hydrogen) atoms. The molecule has 0 unspecified atom stereocenters. The Labute approximate surface area is 107 Å². The van der Waals surface area contributed by atoms with Crippen molar-refractivity contribution in [1.29, 1.82) is 0 Å². The van der Waals surface area contributed by atoms with E-state index in [0.717, 1.165) is 6.07 Å². The summed E-state index contributed by atoms with van der Waals surface area (Å²) in [6.07, 6.45) is -4.96. The Hall–Kier alpha value is -0.540. The zero-order chi connectivity index (χ0) is 13.4. The summed E-state index contributed by atoms with van der Waals surface area (Å²) in [6.45, 7) is 1.34. The van der Waals surface area contributed by atoms with Crippen molar-refractivity contribution in [2.45, 2.75) is 18.3 Å². The van der Waals surface area contributed by atoms with E-state index in [-0.39, 0.29) is 10.0 Å². The molecule has 0 saturated carbocycles. The lowest BCUT2D eigenvalue weighted by Crippen LogP contribution is -2.18. The number of hydrogen-bond donors (Lipinski definition) is 0. The Kier molecular flexibility index (Phi) is 3.94. The first-order valence-corrected chi connectivity index (χ1v) is 6.98. The largest absolute Gasteiger partial charge is 0.574 e. The molecule has 0 saturated heterocycles. The Bertz CT molecular complexity index is 546. The fraction of sp³-hybridized carbons (Fsp3) is 0.286. The average Bonchev–Trinajstić information content (AvgIpc) is 2.06. The van der Waals surface area contributed by atoms with Gasteiger partial charge in [0.05, 0.1) is 0 Å². The van der Waals surface area contributed by atoms with Gasteiger partial charge in [0.25, 0.3) is 9.05 Å². The number of ether oxygens (including phenoxy) is 1. The number of nitrogens with zero attached hydrogens (tertiary/aromatic N) is 1. The van der Waals surface area contributed by atoms with E-state index in [1.807, 2.05) is 0 Å². The number of alkyl halides is 3. The second-order valence-corrected chi connectivity index (χ2v) is 6.19. The van der Waals surface area contributed by atoms with Crippen LogP contribution >= 0.6 is 26.6 Å². The van der Waals surface area contributed by atoms with Crippen LogP contribution in [0.5, 0.6) is 5.88 Å². The van der Waals surface area contributed by atoms with E-state index in [4.69, 9.17) is 10.7 Å². The van der Waals surface area contributed by atoms with Gasteiger partial charge in [0.1, 0.15) is 0 Å². The molecule has 0 aliphatic heterocycles. The Morgan fingerprint density at radius 2 is 2.00 bits per heavy atom. The molecule has 0 aliphatic rings. The van der Waals surface area contributed by atoms with Crippen LogP contribution in [0.15, 0.2) is 15.6 Å². The number of rotatable bonds is 2. The van der Waals surface area contributed by atoms with Crippen molar-refractivity contribution in [2.75, 3.05) is 0 Å². The third-order valence-electron chi connectivity index (χ3n) is 1.59. The van der Waals surface area contributed by atoms with Crippen LogP contribution in [-0.2, 0) is 9.05 Å². The van der Waals surface area contributed by atoms with E-state index in [1.165, 1.54) is 6.92 Å². The summed E-state index contributed by atoms with van der Waals surface area (Å²) in [4.78, 5) is 3.20. The van der Waals surface area contributed by atoms with Gasteiger partial charge in [-0.1, -0.05) is 15.9 Å². The minimum absolute atomic E-state index is 0.0889. The lowest BCUT2D eigenvalue weighted by Gasteiger charge is -2.10. The van der Waals surface area contributed by atoms with Crippen LogP contribution in [0.1, 0.15) is 5.56 Å². The van der Waals surface area contributed by atoms with Gasteiger partial charge in [0.2, 0.25) is 5.88 Å². The monoisotopic (exact) mass is 353 g/mol. The summed E-state index contributed by atoms with van der Waals surface area (Å²) in [7, 11) is 0.781. The van der Waals surface area contributed by atoms with Crippen molar-refractivity contribution >= 4 is 35.7 Å². The Morgan fingerprint density at radius 3 is 2.41 bits per heavy atom. The summed E-state index contributed by atoms with van der Waals surface area (Å²) < 4.78 is 61.6. The van der Waals surface area contributed by atoms with Crippen LogP contribution in [0, 0.1) is 6.92 Å². The lowest BCUT2D eigenvalue weighted by atomic mass is 10.3. The smallest absolute Gasteiger partial charge is 0.388 e. The van der Waals surface area contributed by atoms with Crippen LogP contribution in [0.4, 0.5) is 13.2 Å². The van der Waals surface area contributed by atoms with E-state index in [9.17, 15) is 21.6 Å². The lowest BCUT2D eigenvalue weighted by molar-refractivity contribution is -0.276. The van der Waals surface area contributed by atoms with Gasteiger partial charge in [-0.15, -0.1) is 13.2 Å². The van der Waals surface area contributed by atoms with E-state index in [0.29, 0.717) is 0 Å². The van der Waals surface area contributed by atoms with Crippen LogP contribution in [0.3, 0.4) is 0 Å². The molecule has 0 spiro atoms. The van der Waals surface area contributed by atoms with Crippen molar-refractivity contribution in [3.05, 3.63) is 16.1 Å². The number of aromatic nitrogens is 1. The van der Waals surface area contributed by atoms with Gasteiger partial charge in [-0.2, -0.15) is 4.98 Å². The average molecular weight is 355 g/mol. The standard InChI is InChI=1S/C7H4BrClF3NO3S/c1-3-4(8)2-5(16-7(10,11)12)13-6(3)17(9,14)15/h2H,1H3. The fourth-order valence-corrected chi connectivity index (χ4v) is 2.58. The first kappa shape index (κ1) is 14.5. The predicted octanol–water partition coefficient (Wildman–Crippen LogP) is 2.98. The van der Waals surface area contributed by atoms with Gasteiger partial charge in [0, 0.05) is 26.8 Å². The van der Waals surface area contributed by atoms with Crippen LogP contribution in [0.25, 0.3) is 0 Å². The summed E-state index contributed by atoms with van der Waals surface area (Å²) in [5.41, 5.74) is 0.0922. The van der Waals surface area contributed by atoms with Crippen LogP contribution in [0.2, 0.25) is 0 Å². The summed E-state index contributed by atoms with van der Waals surface area (Å²) in [6, 6.07) is 0.897. The number of hydrogen-bond acceptors (Lipinski definition) is 4. The van der Waals surface area contributed by atoms with Crippen molar-refractivity contribution in [3.63, 3.8) is 0 Å². The molecule has 1 rings (SSSR count). The highest BCUT2D eigenvalue weighted by molar-refractivity contribution is 9.10. The molecule has 0 radical (unpaired) electrons. The Morgan fingerprint density at radius 1 is 1.47 bits per heavy atom. The predicted molar refractivity (Wildman–Crippen MR) is 56.4 cm³/mol. The summed E-state index contributed by atoms with van der Waals surface area (Å²) in [5.74, 6) is -0.908. The molecule has 1 aromatic rings.